The molecule has 0 aromatic rings. The van der Waals surface area contributed by atoms with Crippen LogP contribution in [0.2, 0.25) is 0 Å². The first-order valence-corrected chi connectivity index (χ1v) is 5.71. The Labute approximate surface area is 87.8 Å². The lowest BCUT2D eigenvalue weighted by Crippen LogP contribution is -2.31. The molecule has 0 aromatic carbocycles. The molecule has 1 heterocycles. The minimum absolute atomic E-state index is 0.476. The minimum atomic E-state index is 0.476. The van der Waals surface area contributed by atoms with E-state index in [0.29, 0.717) is 12.2 Å². The van der Waals surface area contributed by atoms with E-state index in [9.17, 15) is 0 Å². The van der Waals surface area contributed by atoms with E-state index in [-0.39, 0.29) is 0 Å². The van der Waals surface area contributed by atoms with Crippen LogP contribution in [0.3, 0.4) is 0 Å². The van der Waals surface area contributed by atoms with Crippen LogP contribution >= 0.6 is 0 Å². The summed E-state index contributed by atoms with van der Waals surface area (Å²) in [5.41, 5.74) is 0. The molecular weight excluding hydrogens is 176 g/mol. The molecule has 0 bridgehead atoms. The van der Waals surface area contributed by atoms with E-state index >= 15 is 0 Å². The second-order valence-electron chi connectivity index (χ2n) is 4.37. The Morgan fingerprint density at radius 3 is 2.79 bits per heavy atom. The first-order chi connectivity index (χ1) is 6.72. The van der Waals surface area contributed by atoms with E-state index < -0.39 is 0 Å². The summed E-state index contributed by atoms with van der Waals surface area (Å²) in [6.45, 7) is 5.52. The van der Waals surface area contributed by atoms with Crippen molar-refractivity contribution in [1.29, 1.82) is 0 Å². The number of hydrogen-bond acceptors (Lipinski definition) is 3. The molecule has 0 saturated carbocycles. The number of rotatable bonds is 6. The van der Waals surface area contributed by atoms with E-state index in [1.54, 1.807) is 0 Å². The van der Waals surface area contributed by atoms with Gasteiger partial charge < -0.3 is 15.0 Å². The average molecular weight is 200 g/mol. The predicted octanol–water partition coefficient (Wildman–Crippen LogP) is 1.10. The van der Waals surface area contributed by atoms with Crippen LogP contribution < -0.4 is 5.32 Å². The Bertz CT molecular complexity index is 152. The number of nitrogens with one attached hydrogen (secondary N) is 1. The maximum Gasteiger partial charge on any atom is 0.0706 e. The first kappa shape index (κ1) is 12.0. The monoisotopic (exact) mass is 200 g/mol. The molecule has 1 N–H and O–H groups in total. The van der Waals surface area contributed by atoms with Gasteiger partial charge in [0, 0.05) is 6.54 Å². The van der Waals surface area contributed by atoms with Gasteiger partial charge >= 0.3 is 0 Å². The molecule has 0 amide bonds. The summed E-state index contributed by atoms with van der Waals surface area (Å²) in [5, 5.41) is 3.17. The minimum Gasteiger partial charge on any atom is -0.374 e. The molecule has 0 spiro atoms. The summed E-state index contributed by atoms with van der Waals surface area (Å²) in [6, 6.07) is 0. The molecule has 1 saturated heterocycles. The Morgan fingerprint density at radius 2 is 2.21 bits per heavy atom. The Kier molecular flexibility index (Phi) is 5.45. The normalized spacial score (nSPS) is 27.4. The number of nitrogens with zero attached hydrogens (tertiary/aromatic N) is 1. The Hall–Kier alpha value is -0.120. The lowest BCUT2D eigenvalue weighted by molar-refractivity contribution is 0.0364. The summed E-state index contributed by atoms with van der Waals surface area (Å²) < 4.78 is 5.78. The molecule has 0 aliphatic carbocycles. The van der Waals surface area contributed by atoms with Gasteiger partial charge in [0.15, 0.2) is 0 Å². The maximum atomic E-state index is 5.78. The van der Waals surface area contributed by atoms with Gasteiger partial charge in [0.2, 0.25) is 0 Å². The number of hydrogen-bond donors (Lipinski definition) is 1. The lowest BCUT2D eigenvalue weighted by Gasteiger charge is -2.20. The molecule has 14 heavy (non-hydrogen) atoms. The van der Waals surface area contributed by atoms with Crippen LogP contribution in [-0.2, 0) is 4.74 Å². The number of likely N-dealkylation sites (N-methyl/N-ethyl adjacent to an activating group) is 1. The summed E-state index contributed by atoms with van der Waals surface area (Å²) in [4.78, 5) is 2.38. The smallest absolute Gasteiger partial charge is 0.0706 e. The molecule has 3 heteroatoms. The molecule has 1 aliphatic rings. The SMILES string of the molecule is CNCCCN(C)CC1CCC(C)O1. The third kappa shape index (κ3) is 4.40. The van der Waals surface area contributed by atoms with Crippen LogP contribution in [0, 0.1) is 0 Å². The zero-order valence-corrected chi connectivity index (χ0v) is 9.75. The van der Waals surface area contributed by atoms with E-state index in [1.165, 1.54) is 19.3 Å². The van der Waals surface area contributed by atoms with Gasteiger partial charge in [-0.1, -0.05) is 0 Å². The molecule has 3 nitrogen and oxygen atoms in total. The molecule has 0 radical (unpaired) electrons. The van der Waals surface area contributed by atoms with Crippen LogP contribution in [0.25, 0.3) is 0 Å². The van der Waals surface area contributed by atoms with Crippen LogP contribution in [-0.4, -0.2) is 50.8 Å². The fourth-order valence-corrected chi connectivity index (χ4v) is 1.98. The first-order valence-electron chi connectivity index (χ1n) is 5.71. The molecule has 1 aliphatic heterocycles. The van der Waals surface area contributed by atoms with Crippen molar-refractivity contribution >= 4 is 0 Å². The van der Waals surface area contributed by atoms with Crippen LogP contribution in [0.4, 0.5) is 0 Å². The predicted molar refractivity (Wildman–Crippen MR) is 59.6 cm³/mol. The van der Waals surface area contributed by atoms with Crippen molar-refractivity contribution in [2.75, 3.05) is 33.7 Å². The van der Waals surface area contributed by atoms with Gasteiger partial charge in [0.05, 0.1) is 12.2 Å². The summed E-state index contributed by atoms with van der Waals surface area (Å²) in [6.07, 6.45) is 4.64. The molecule has 2 unspecified atom stereocenters. The van der Waals surface area contributed by atoms with Crippen molar-refractivity contribution in [3.05, 3.63) is 0 Å². The standard InChI is InChI=1S/C11H24N2O/c1-10-5-6-11(14-10)9-13(3)8-4-7-12-2/h10-12H,4-9H2,1-3H3. The fraction of sp³-hybridized carbons (Fsp3) is 1.00. The highest BCUT2D eigenvalue weighted by Gasteiger charge is 2.22. The summed E-state index contributed by atoms with van der Waals surface area (Å²) >= 11 is 0. The molecule has 1 fully saturated rings. The van der Waals surface area contributed by atoms with Gasteiger partial charge in [0.1, 0.15) is 0 Å². The average Bonchev–Trinajstić information content (AvgIpc) is 2.52. The topological polar surface area (TPSA) is 24.5 Å². The van der Waals surface area contributed by atoms with Crippen molar-refractivity contribution in [2.24, 2.45) is 0 Å². The van der Waals surface area contributed by atoms with Gasteiger partial charge in [-0.3, -0.25) is 0 Å². The van der Waals surface area contributed by atoms with E-state index in [2.05, 4.69) is 24.2 Å². The van der Waals surface area contributed by atoms with E-state index in [1.807, 2.05) is 7.05 Å². The third-order valence-corrected chi connectivity index (χ3v) is 2.80. The van der Waals surface area contributed by atoms with E-state index in [4.69, 9.17) is 4.74 Å². The highest BCUT2D eigenvalue weighted by atomic mass is 16.5. The second-order valence-corrected chi connectivity index (χ2v) is 4.37. The van der Waals surface area contributed by atoms with Crippen molar-refractivity contribution < 1.29 is 4.74 Å². The molecule has 84 valence electrons. The van der Waals surface area contributed by atoms with Gasteiger partial charge in [0.25, 0.3) is 0 Å². The Balaban J connectivity index is 2.05. The zero-order valence-electron chi connectivity index (χ0n) is 9.75. The van der Waals surface area contributed by atoms with Crippen LogP contribution in [0.5, 0.6) is 0 Å². The molecular formula is C11H24N2O. The van der Waals surface area contributed by atoms with Gasteiger partial charge in [-0.25, -0.2) is 0 Å². The molecule has 1 rings (SSSR count). The Morgan fingerprint density at radius 1 is 1.43 bits per heavy atom. The van der Waals surface area contributed by atoms with Crippen molar-refractivity contribution in [3.63, 3.8) is 0 Å². The van der Waals surface area contributed by atoms with Crippen molar-refractivity contribution in [1.82, 2.24) is 10.2 Å². The highest BCUT2D eigenvalue weighted by Crippen LogP contribution is 2.19. The lowest BCUT2D eigenvalue weighted by atomic mass is 10.2. The van der Waals surface area contributed by atoms with Gasteiger partial charge in [-0.05, 0) is 53.4 Å². The third-order valence-electron chi connectivity index (χ3n) is 2.80. The fourth-order valence-electron chi connectivity index (χ4n) is 1.98. The molecule has 0 aromatic heterocycles. The second kappa shape index (κ2) is 6.38. The summed E-state index contributed by atoms with van der Waals surface area (Å²) in [7, 11) is 4.18. The highest BCUT2D eigenvalue weighted by molar-refractivity contribution is 4.73. The summed E-state index contributed by atoms with van der Waals surface area (Å²) in [5.74, 6) is 0. The van der Waals surface area contributed by atoms with E-state index in [0.717, 1.165) is 19.6 Å². The van der Waals surface area contributed by atoms with Gasteiger partial charge in [-0.15, -0.1) is 0 Å². The number of ether oxygens (including phenoxy) is 1. The van der Waals surface area contributed by atoms with Crippen molar-refractivity contribution in [2.45, 2.75) is 38.4 Å². The van der Waals surface area contributed by atoms with Crippen molar-refractivity contribution in [3.8, 4) is 0 Å². The molecule has 2 atom stereocenters. The largest absolute Gasteiger partial charge is 0.374 e. The maximum absolute atomic E-state index is 5.78. The zero-order chi connectivity index (χ0) is 10.4. The van der Waals surface area contributed by atoms with Crippen LogP contribution in [0.1, 0.15) is 26.2 Å². The van der Waals surface area contributed by atoms with Gasteiger partial charge in [-0.2, -0.15) is 0 Å². The quantitative estimate of drug-likeness (QED) is 0.650. The van der Waals surface area contributed by atoms with Crippen LogP contribution in [0.15, 0.2) is 0 Å².